The van der Waals surface area contributed by atoms with Crippen molar-refractivity contribution in [1.82, 2.24) is 0 Å². The van der Waals surface area contributed by atoms with Gasteiger partial charge in [0.05, 0.1) is 0 Å². The molecule has 4 aromatic carbocycles. The number of hydrogen-bond acceptors (Lipinski definition) is 4. The normalized spacial score (nSPS) is 12.0. The Morgan fingerprint density at radius 3 is 0.875 bits per heavy atom. The van der Waals surface area contributed by atoms with Crippen LogP contribution in [0.1, 0.15) is 230 Å². The minimum absolute atomic E-state index is 0.152. The van der Waals surface area contributed by atoms with E-state index in [-0.39, 0.29) is 9.79 Å². The first-order chi connectivity index (χ1) is 31.0. The lowest BCUT2D eigenvalue weighted by Crippen LogP contribution is -2.08. The molecule has 0 aliphatic rings. The molecule has 360 valence electrons. The number of rotatable bonds is 34. The molecular weight excluding hydrogens is 833 g/mol. The summed E-state index contributed by atoms with van der Waals surface area (Å²) in [7, 11) is -8.57. The van der Waals surface area contributed by atoms with Crippen molar-refractivity contribution in [3.63, 3.8) is 0 Å². The molecule has 64 heavy (non-hydrogen) atoms. The van der Waals surface area contributed by atoms with Crippen LogP contribution in [0.2, 0.25) is 0 Å². The monoisotopic (exact) mass is 921 g/mol. The van der Waals surface area contributed by atoms with Crippen LogP contribution in [0, 0.1) is 0 Å². The molecule has 0 amide bonds. The minimum atomic E-state index is -4.28. The van der Waals surface area contributed by atoms with Gasteiger partial charge in [0.25, 0.3) is 20.2 Å². The molecule has 0 aliphatic heterocycles. The lowest BCUT2D eigenvalue weighted by Gasteiger charge is -2.17. The van der Waals surface area contributed by atoms with E-state index >= 15 is 0 Å². The molecule has 4 rings (SSSR count). The standard InChI is InChI=1S/2C28H44O3S/c2*1-3-5-7-9-11-13-15-19-24-23-25-20-17-18-22-27(25)28(32(29,30)31)26(24)21-16-14-12-10-8-6-4-2/h2*17-18,20,22-23H,3-16,19,21H2,1-2H3,(H,29,30,31). The van der Waals surface area contributed by atoms with Crippen molar-refractivity contribution in [2.45, 2.75) is 243 Å². The zero-order valence-electron chi connectivity index (χ0n) is 40.7. The van der Waals surface area contributed by atoms with E-state index in [0.717, 1.165) is 97.2 Å². The van der Waals surface area contributed by atoms with Gasteiger partial charge in [0.2, 0.25) is 0 Å². The molecular formula is C56H88O6S2. The molecule has 8 heteroatoms. The highest BCUT2D eigenvalue weighted by Gasteiger charge is 2.24. The first kappa shape index (κ1) is 55.5. The number of aryl methyl sites for hydroxylation is 2. The summed E-state index contributed by atoms with van der Waals surface area (Å²) in [5, 5.41) is 3.11. The van der Waals surface area contributed by atoms with Crippen molar-refractivity contribution in [3.05, 3.63) is 82.9 Å². The van der Waals surface area contributed by atoms with Crippen molar-refractivity contribution in [2.24, 2.45) is 0 Å². The van der Waals surface area contributed by atoms with Gasteiger partial charge >= 0.3 is 0 Å². The second-order valence-electron chi connectivity index (χ2n) is 18.6. The molecule has 0 unspecified atom stereocenters. The Balaban J connectivity index is 0.000000340. The first-order valence-electron chi connectivity index (χ1n) is 26.0. The van der Waals surface area contributed by atoms with Gasteiger partial charge in [-0.15, -0.1) is 0 Å². The zero-order chi connectivity index (χ0) is 46.5. The van der Waals surface area contributed by atoms with Crippen LogP contribution >= 0.6 is 0 Å². The molecule has 0 saturated carbocycles. The van der Waals surface area contributed by atoms with E-state index < -0.39 is 20.2 Å². The summed E-state index contributed by atoms with van der Waals surface area (Å²) in [5.74, 6) is 0. The third-order valence-corrected chi connectivity index (χ3v) is 15.0. The fraction of sp³-hybridized carbons (Fsp3) is 0.643. The van der Waals surface area contributed by atoms with E-state index in [2.05, 4.69) is 39.8 Å². The van der Waals surface area contributed by atoms with Crippen molar-refractivity contribution in [2.75, 3.05) is 0 Å². The van der Waals surface area contributed by atoms with Gasteiger partial charge in [-0.25, -0.2) is 0 Å². The van der Waals surface area contributed by atoms with Crippen LogP contribution in [0.25, 0.3) is 21.5 Å². The molecule has 0 fully saturated rings. The van der Waals surface area contributed by atoms with Gasteiger partial charge < -0.3 is 0 Å². The highest BCUT2D eigenvalue weighted by atomic mass is 32.2. The maximum Gasteiger partial charge on any atom is 0.295 e. The molecule has 0 saturated heterocycles. The predicted molar refractivity (Wildman–Crippen MR) is 274 cm³/mol. The second-order valence-corrected chi connectivity index (χ2v) is 21.3. The Labute approximate surface area is 391 Å². The van der Waals surface area contributed by atoms with E-state index in [1.165, 1.54) is 141 Å². The van der Waals surface area contributed by atoms with Crippen LogP contribution in [-0.2, 0) is 45.9 Å². The molecule has 0 aromatic heterocycles. The fourth-order valence-electron chi connectivity index (χ4n) is 9.47. The van der Waals surface area contributed by atoms with Gasteiger partial charge in [-0.1, -0.05) is 242 Å². The van der Waals surface area contributed by atoms with Gasteiger partial charge in [-0.2, -0.15) is 16.8 Å². The summed E-state index contributed by atoms with van der Waals surface area (Å²) < 4.78 is 70.1. The third-order valence-electron chi connectivity index (χ3n) is 13.1. The molecule has 0 aliphatic carbocycles. The molecule has 0 heterocycles. The number of fused-ring (bicyclic) bond motifs is 2. The summed E-state index contributed by atoms with van der Waals surface area (Å²) in [4.78, 5) is 0.305. The number of benzene rings is 4. The van der Waals surface area contributed by atoms with Crippen LogP contribution in [0.4, 0.5) is 0 Å². The van der Waals surface area contributed by atoms with E-state index in [0.29, 0.717) is 10.8 Å². The van der Waals surface area contributed by atoms with Gasteiger partial charge in [0.1, 0.15) is 9.79 Å². The minimum Gasteiger partial charge on any atom is -0.282 e. The average molecular weight is 921 g/mol. The van der Waals surface area contributed by atoms with Crippen LogP contribution < -0.4 is 0 Å². The van der Waals surface area contributed by atoms with Crippen LogP contribution in [-0.4, -0.2) is 25.9 Å². The molecule has 4 aromatic rings. The maximum absolute atomic E-state index is 12.5. The molecule has 0 bridgehead atoms. The Kier molecular flexibility index (Phi) is 27.8. The van der Waals surface area contributed by atoms with E-state index in [1.807, 2.05) is 48.5 Å². The van der Waals surface area contributed by atoms with Crippen molar-refractivity contribution in [3.8, 4) is 0 Å². The maximum atomic E-state index is 12.5. The largest absolute Gasteiger partial charge is 0.295 e. The van der Waals surface area contributed by atoms with Crippen molar-refractivity contribution < 1.29 is 25.9 Å². The van der Waals surface area contributed by atoms with Crippen LogP contribution in [0.15, 0.2) is 70.5 Å². The highest BCUT2D eigenvalue weighted by molar-refractivity contribution is 7.86. The Hall–Kier alpha value is -2.78. The summed E-state index contributed by atoms with van der Waals surface area (Å²) in [6.45, 7) is 8.92. The summed E-state index contributed by atoms with van der Waals surface area (Å²) >= 11 is 0. The summed E-state index contributed by atoms with van der Waals surface area (Å²) in [6, 6.07) is 19.5. The number of unbranched alkanes of at least 4 members (excludes halogenated alkanes) is 24. The van der Waals surface area contributed by atoms with Gasteiger partial charge in [0, 0.05) is 10.8 Å². The Morgan fingerprint density at radius 2 is 0.594 bits per heavy atom. The SMILES string of the molecule is CCCCCCCCCc1cc2ccccc2c(S(=O)(=O)O)c1CCCCCCCCC.CCCCCCCCCc1cc2ccccc2c(S(=O)(=O)O)c1CCCCCCCCC. The summed E-state index contributed by atoms with van der Waals surface area (Å²) in [5.41, 5.74) is 3.92. The van der Waals surface area contributed by atoms with E-state index in [9.17, 15) is 25.9 Å². The topological polar surface area (TPSA) is 109 Å². The smallest absolute Gasteiger partial charge is 0.282 e. The molecule has 2 N–H and O–H groups in total. The number of hydrogen-bond donors (Lipinski definition) is 2. The van der Waals surface area contributed by atoms with E-state index in [4.69, 9.17) is 0 Å². The first-order valence-corrected chi connectivity index (χ1v) is 28.9. The molecule has 0 atom stereocenters. The molecule has 0 radical (unpaired) electrons. The van der Waals surface area contributed by atoms with Gasteiger partial charge in [0.15, 0.2) is 0 Å². The second kappa shape index (κ2) is 32.0. The Bertz CT molecular complexity index is 1960. The zero-order valence-corrected chi connectivity index (χ0v) is 42.4. The molecule has 0 spiro atoms. The molecule has 6 nitrogen and oxygen atoms in total. The van der Waals surface area contributed by atoms with Gasteiger partial charge in [-0.3, -0.25) is 9.11 Å². The van der Waals surface area contributed by atoms with Crippen molar-refractivity contribution >= 4 is 41.8 Å². The van der Waals surface area contributed by atoms with E-state index in [1.54, 1.807) is 0 Å². The lowest BCUT2D eigenvalue weighted by molar-refractivity contribution is 0.480. The highest BCUT2D eigenvalue weighted by Crippen LogP contribution is 2.34. The van der Waals surface area contributed by atoms with Crippen LogP contribution in [0.5, 0.6) is 0 Å². The average Bonchev–Trinajstić information content (AvgIpc) is 3.27. The predicted octanol–water partition coefficient (Wildman–Crippen LogP) is 17.3. The van der Waals surface area contributed by atoms with Crippen LogP contribution in [0.3, 0.4) is 0 Å². The Morgan fingerprint density at radius 1 is 0.344 bits per heavy atom. The fourth-order valence-corrected chi connectivity index (χ4v) is 11.5. The van der Waals surface area contributed by atoms with Crippen molar-refractivity contribution in [1.29, 1.82) is 0 Å². The third kappa shape index (κ3) is 20.4. The summed E-state index contributed by atoms with van der Waals surface area (Å²) in [6.07, 6.45) is 37.2. The lowest BCUT2D eigenvalue weighted by atomic mass is 9.93. The quantitative estimate of drug-likeness (QED) is 0.0357. The van der Waals surface area contributed by atoms with Gasteiger partial charge in [-0.05, 0) is 84.4 Å².